The normalized spacial score (nSPS) is 14.1. The van der Waals surface area contributed by atoms with E-state index in [9.17, 15) is 9.59 Å². The first kappa shape index (κ1) is 26.9. The Bertz CT molecular complexity index is 354. The molecule has 1 heterocycles. The molecule has 0 aromatic rings. The van der Waals surface area contributed by atoms with Gasteiger partial charge in [0.25, 0.3) is 0 Å². The van der Waals surface area contributed by atoms with Crippen molar-refractivity contribution in [3.63, 3.8) is 0 Å². The number of carbonyl (C=O) groups is 2. The van der Waals surface area contributed by atoms with E-state index in [1.807, 2.05) is 4.90 Å². The first-order valence-electron chi connectivity index (χ1n) is 12.2. The van der Waals surface area contributed by atoms with Crippen molar-refractivity contribution in [1.82, 2.24) is 4.90 Å². The Morgan fingerprint density at radius 1 is 0.643 bits per heavy atom. The van der Waals surface area contributed by atoms with E-state index < -0.39 is 0 Å². The molecule has 2 N–H and O–H groups in total. The molecular weight excluding hydrogens is 348 g/mol. The van der Waals surface area contributed by atoms with Crippen LogP contribution in [0.3, 0.4) is 0 Å². The molecule has 0 aliphatic carbocycles. The molecule has 1 rings (SSSR count). The molecular formula is C24H48N2O2. The molecule has 1 saturated heterocycles. The number of likely N-dealkylation sites (tertiary alicyclic amines) is 1. The molecule has 28 heavy (non-hydrogen) atoms. The van der Waals surface area contributed by atoms with Gasteiger partial charge in [-0.3, -0.25) is 9.59 Å². The summed E-state index contributed by atoms with van der Waals surface area (Å²) in [6.07, 6.45) is 21.7. The van der Waals surface area contributed by atoms with E-state index in [2.05, 4.69) is 13.8 Å². The van der Waals surface area contributed by atoms with Gasteiger partial charge in [-0.2, -0.15) is 0 Å². The summed E-state index contributed by atoms with van der Waals surface area (Å²) in [5, 5.41) is 0. The van der Waals surface area contributed by atoms with Crippen LogP contribution in [0.1, 0.15) is 129 Å². The highest BCUT2D eigenvalue weighted by atomic mass is 16.2. The zero-order valence-electron chi connectivity index (χ0n) is 19.0. The van der Waals surface area contributed by atoms with E-state index in [-0.39, 0.29) is 11.8 Å². The maximum absolute atomic E-state index is 11.8. The summed E-state index contributed by atoms with van der Waals surface area (Å²) in [6.45, 7) is 6.38. The number of hydrogen-bond acceptors (Lipinski definition) is 2. The smallest absolute Gasteiger partial charge is 0.222 e. The third-order valence-corrected chi connectivity index (χ3v) is 5.48. The molecule has 0 bridgehead atoms. The highest BCUT2D eigenvalue weighted by molar-refractivity contribution is 5.76. The lowest BCUT2D eigenvalue weighted by Crippen LogP contribution is -2.31. The molecule has 1 aliphatic rings. The highest BCUT2D eigenvalue weighted by Gasteiger charge is 2.14. The van der Waals surface area contributed by atoms with E-state index in [4.69, 9.17) is 5.73 Å². The summed E-state index contributed by atoms with van der Waals surface area (Å²) in [5.74, 6) is -0.0337. The van der Waals surface area contributed by atoms with E-state index in [1.54, 1.807) is 0 Å². The Kier molecular flexibility index (Phi) is 19.9. The third kappa shape index (κ3) is 18.3. The Morgan fingerprint density at radius 3 is 1.50 bits per heavy atom. The van der Waals surface area contributed by atoms with Crippen LogP contribution in [-0.4, -0.2) is 29.8 Å². The fourth-order valence-corrected chi connectivity index (χ4v) is 3.61. The van der Waals surface area contributed by atoms with Crippen LogP contribution in [0.5, 0.6) is 0 Å². The molecule has 4 nitrogen and oxygen atoms in total. The second-order valence-electron chi connectivity index (χ2n) is 8.30. The molecule has 0 saturated carbocycles. The van der Waals surface area contributed by atoms with Gasteiger partial charge in [-0.25, -0.2) is 0 Å². The van der Waals surface area contributed by atoms with Crippen LogP contribution in [0, 0.1) is 0 Å². The summed E-state index contributed by atoms with van der Waals surface area (Å²) in [7, 11) is 0. The van der Waals surface area contributed by atoms with Crippen LogP contribution in [0.25, 0.3) is 0 Å². The minimum Gasteiger partial charge on any atom is -0.370 e. The van der Waals surface area contributed by atoms with Crippen LogP contribution < -0.4 is 5.73 Å². The topological polar surface area (TPSA) is 63.4 Å². The van der Waals surface area contributed by atoms with Gasteiger partial charge in [0, 0.05) is 25.9 Å². The molecule has 0 aromatic heterocycles. The Morgan fingerprint density at radius 2 is 1.07 bits per heavy atom. The Hall–Kier alpha value is -1.06. The van der Waals surface area contributed by atoms with Gasteiger partial charge in [0.15, 0.2) is 0 Å². The maximum Gasteiger partial charge on any atom is 0.222 e. The largest absolute Gasteiger partial charge is 0.370 e. The molecule has 1 fully saturated rings. The van der Waals surface area contributed by atoms with E-state index in [1.165, 1.54) is 77.0 Å². The van der Waals surface area contributed by atoms with Gasteiger partial charge in [0.1, 0.15) is 0 Å². The van der Waals surface area contributed by atoms with Gasteiger partial charge < -0.3 is 10.6 Å². The lowest BCUT2D eigenvalue weighted by Gasteiger charge is -2.20. The zero-order chi connectivity index (χ0) is 20.9. The lowest BCUT2D eigenvalue weighted by molar-refractivity contribution is -0.131. The van der Waals surface area contributed by atoms with Gasteiger partial charge >= 0.3 is 0 Å². The molecule has 0 aromatic carbocycles. The van der Waals surface area contributed by atoms with E-state index in [0.717, 1.165) is 38.8 Å². The van der Waals surface area contributed by atoms with Crippen LogP contribution in [-0.2, 0) is 9.59 Å². The molecule has 166 valence electrons. The van der Waals surface area contributed by atoms with Crippen LogP contribution in [0.15, 0.2) is 0 Å². The van der Waals surface area contributed by atoms with Gasteiger partial charge in [-0.15, -0.1) is 0 Å². The summed E-state index contributed by atoms with van der Waals surface area (Å²) in [5.41, 5.74) is 5.04. The SMILES string of the molecule is CCCCCCCCCCCC.NC(=O)CCCCC(=O)N1CCCCCC1. The molecule has 0 atom stereocenters. The zero-order valence-corrected chi connectivity index (χ0v) is 19.0. The number of unbranched alkanes of at least 4 members (excludes halogenated alkanes) is 10. The van der Waals surface area contributed by atoms with Crippen molar-refractivity contribution in [3.05, 3.63) is 0 Å². The predicted molar refractivity (Wildman–Crippen MR) is 120 cm³/mol. The van der Waals surface area contributed by atoms with Crippen molar-refractivity contribution in [2.24, 2.45) is 5.73 Å². The van der Waals surface area contributed by atoms with Crippen molar-refractivity contribution >= 4 is 11.8 Å². The van der Waals surface area contributed by atoms with Crippen molar-refractivity contribution in [1.29, 1.82) is 0 Å². The molecule has 0 spiro atoms. The second-order valence-corrected chi connectivity index (χ2v) is 8.30. The number of primary amides is 1. The molecule has 4 heteroatoms. The standard InChI is InChI=1S/C12H22N2O2.C12H26/c13-11(15)7-3-4-8-12(16)14-9-5-1-2-6-10-14;1-3-5-7-9-11-12-10-8-6-4-2/h1-10H2,(H2,13,15);3-12H2,1-2H3. The quantitative estimate of drug-likeness (QED) is 0.347. The van der Waals surface area contributed by atoms with Gasteiger partial charge in [0.05, 0.1) is 0 Å². The number of rotatable bonds is 14. The summed E-state index contributed by atoms with van der Waals surface area (Å²) >= 11 is 0. The number of nitrogens with zero attached hydrogens (tertiary/aromatic N) is 1. The van der Waals surface area contributed by atoms with Gasteiger partial charge in [0.2, 0.25) is 11.8 Å². The van der Waals surface area contributed by atoms with Gasteiger partial charge in [-0.05, 0) is 25.7 Å². The highest BCUT2D eigenvalue weighted by Crippen LogP contribution is 2.12. The first-order valence-corrected chi connectivity index (χ1v) is 12.2. The molecule has 0 radical (unpaired) electrons. The number of amides is 2. The Labute approximate surface area is 175 Å². The maximum atomic E-state index is 11.8. The van der Waals surface area contributed by atoms with Crippen LogP contribution >= 0.6 is 0 Å². The summed E-state index contributed by atoms with van der Waals surface area (Å²) in [6, 6.07) is 0. The number of hydrogen-bond donors (Lipinski definition) is 1. The van der Waals surface area contributed by atoms with E-state index >= 15 is 0 Å². The number of carbonyl (C=O) groups excluding carboxylic acids is 2. The van der Waals surface area contributed by atoms with Crippen molar-refractivity contribution in [3.8, 4) is 0 Å². The summed E-state index contributed by atoms with van der Waals surface area (Å²) in [4.78, 5) is 24.3. The molecule has 0 unspecified atom stereocenters. The molecule has 2 amide bonds. The fourth-order valence-electron chi connectivity index (χ4n) is 3.61. The first-order chi connectivity index (χ1) is 13.6. The van der Waals surface area contributed by atoms with Crippen molar-refractivity contribution in [2.45, 2.75) is 129 Å². The lowest BCUT2D eigenvalue weighted by atomic mass is 10.1. The van der Waals surface area contributed by atoms with Crippen molar-refractivity contribution < 1.29 is 9.59 Å². The average Bonchev–Trinajstić information content (AvgIpc) is 2.97. The molecule has 1 aliphatic heterocycles. The Balaban J connectivity index is 0.000000546. The van der Waals surface area contributed by atoms with Crippen molar-refractivity contribution in [2.75, 3.05) is 13.1 Å². The van der Waals surface area contributed by atoms with Gasteiger partial charge in [-0.1, -0.05) is 90.9 Å². The minimum absolute atomic E-state index is 0.242. The summed E-state index contributed by atoms with van der Waals surface area (Å²) < 4.78 is 0. The predicted octanol–water partition coefficient (Wildman–Crippen LogP) is 6.36. The fraction of sp³-hybridized carbons (Fsp3) is 0.917. The average molecular weight is 397 g/mol. The monoisotopic (exact) mass is 396 g/mol. The third-order valence-electron chi connectivity index (χ3n) is 5.48. The van der Waals surface area contributed by atoms with Crippen LogP contribution in [0.4, 0.5) is 0 Å². The van der Waals surface area contributed by atoms with E-state index in [0.29, 0.717) is 12.8 Å². The minimum atomic E-state index is -0.276. The number of nitrogens with two attached hydrogens (primary N) is 1. The van der Waals surface area contributed by atoms with Crippen LogP contribution in [0.2, 0.25) is 0 Å². The second kappa shape index (κ2) is 20.7.